The normalized spacial score (nSPS) is 14.0. The Labute approximate surface area is 296 Å². The SMILES string of the molecule is CC(C)(C)CC(C)(C)c1cc(Cc2cc(C(C)(C)CC(C)(C)C)cc(-n3nc4ccccc4n3)c2O)c(O)c(-n2nc3c(n2)CC=CC=C3)c1. The molecule has 2 N–H and O–H groups in total. The number of aromatic nitrogens is 6. The second-order valence-electron chi connectivity index (χ2n) is 17.7. The Balaban J connectivity index is 1.54. The first-order valence-corrected chi connectivity index (χ1v) is 17.6. The Hall–Kier alpha value is -4.72. The number of hydrogen-bond donors (Lipinski definition) is 2. The van der Waals surface area contributed by atoms with Gasteiger partial charge < -0.3 is 10.2 Å². The van der Waals surface area contributed by atoms with Gasteiger partial charge in [-0.05, 0) is 76.0 Å². The summed E-state index contributed by atoms with van der Waals surface area (Å²) in [5.74, 6) is 0.176. The van der Waals surface area contributed by atoms with E-state index in [0.717, 1.165) is 46.4 Å². The molecule has 8 nitrogen and oxygen atoms in total. The fourth-order valence-corrected chi connectivity index (χ4v) is 7.88. The molecule has 0 amide bonds. The van der Waals surface area contributed by atoms with Crippen molar-refractivity contribution in [2.75, 3.05) is 0 Å². The summed E-state index contributed by atoms with van der Waals surface area (Å²) in [4.78, 5) is 3.11. The summed E-state index contributed by atoms with van der Waals surface area (Å²) in [5, 5.41) is 43.2. The van der Waals surface area contributed by atoms with Crippen LogP contribution in [0.4, 0.5) is 0 Å². The van der Waals surface area contributed by atoms with Crippen molar-refractivity contribution in [3.63, 3.8) is 0 Å². The summed E-state index contributed by atoms with van der Waals surface area (Å²) in [6.45, 7) is 22.5. The average Bonchev–Trinajstić information content (AvgIpc) is 3.54. The van der Waals surface area contributed by atoms with E-state index in [9.17, 15) is 10.2 Å². The first-order chi connectivity index (χ1) is 23.3. The van der Waals surface area contributed by atoms with E-state index in [1.54, 1.807) is 4.80 Å². The highest BCUT2D eigenvalue weighted by molar-refractivity contribution is 5.74. The van der Waals surface area contributed by atoms with E-state index in [1.165, 1.54) is 4.80 Å². The second-order valence-corrected chi connectivity index (χ2v) is 17.7. The predicted octanol–water partition coefficient (Wildman–Crippen LogP) is 9.56. The van der Waals surface area contributed by atoms with Crippen molar-refractivity contribution in [3.05, 3.63) is 100 Å². The van der Waals surface area contributed by atoms with Gasteiger partial charge in [-0.2, -0.15) is 5.10 Å². The van der Waals surface area contributed by atoms with Crippen LogP contribution >= 0.6 is 0 Å². The molecule has 6 rings (SSSR count). The lowest BCUT2D eigenvalue weighted by molar-refractivity contribution is 0.283. The molecule has 0 unspecified atom stereocenters. The fraction of sp³-hybridized carbons (Fsp3) is 0.429. The Kier molecular flexibility index (Phi) is 8.82. The minimum absolute atomic E-state index is 0.0698. The van der Waals surface area contributed by atoms with Crippen LogP contribution in [0.1, 0.15) is 116 Å². The highest BCUT2D eigenvalue weighted by atomic mass is 16.3. The molecule has 5 aromatic rings. The maximum atomic E-state index is 12.1. The van der Waals surface area contributed by atoms with Crippen LogP contribution in [0.15, 0.2) is 66.8 Å². The minimum atomic E-state index is -0.232. The van der Waals surface area contributed by atoms with Gasteiger partial charge >= 0.3 is 0 Å². The molecule has 1 aliphatic carbocycles. The van der Waals surface area contributed by atoms with Gasteiger partial charge in [0, 0.05) is 24.0 Å². The number of aromatic hydroxyl groups is 2. The van der Waals surface area contributed by atoms with E-state index in [4.69, 9.17) is 20.4 Å². The quantitative estimate of drug-likeness (QED) is 0.170. The Morgan fingerprint density at radius 1 is 0.620 bits per heavy atom. The molecule has 2 heterocycles. The first kappa shape index (κ1) is 35.1. The van der Waals surface area contributed by atoms with Crippen LogP contribution in [-0.4, -0.2) is 40.2 Å². The van der Waals surface area contributed by atoms with E-state index in [0.29, 0.717) is 28.9 Å². The van der Waals surface area contributed by atoms with Crippen LogP contribution in [0.3, 0.4) is 0 Å². The molecule has 0 saturated heterocycles. The standard InChI is InChI=1S/C42H52N6O2/c1-39(2,3)25-41(7,8)29-21-27(37(49)35(23-29)47-43-31-16-12-11-13-17-32(31)44-47)20-28-22-30(42(9,10)26-40(4,5)6)24-36(38(28)50)48-45-33-18-14-15-19-34(33)46-48/h11-16,18-19,21-24,49-50H,17,20,25-26H2,1-10H3. The summed E-state index contributed by atoms with van der Waals surface area (Å²) in [7, 11) is 0. The summed E-state index contributed by atoms with van der Waals surface area (Å²) >= 11 is 0. The predicted molar refractivity (Wildman–Crippen MR) is 202 cm³/mol. The van der Waals surface area contributed by atoms with E-state index in [-0.39, 0.29) is 39.6 Å². The zero-order chi connectivity index (χ0) is 36.2. The van der Waals surface area contributed by atoms with Gasteiger partial charge in [-0.3, -0.25) is 0 Å². The Bertz CT molecular complexity index is 2080. The number of phenols is 2. The fourth-order valence-electron chi connectivity index (χ4n) is 7.88. The smallest absolute Gasteiger partial charge is 0.146 e. The number of rotatable bonds is 8. The van der Waals surface area contributed by atoms with Gasteiger partial charge in [0.05, 0.1) is 5.69 Å². The van der Waals surface area contributed by atoms with Gasteiger partial charge in [-0.25, -0.2) is 0 Å². The van der Waals surface area contributed by atoms with Gasteiger partial charge in [0.2, 0.25) is 0 Å². The van der Waals surface area contributed by atoms with E-state index in [2.05, 4.69) is 87.4 Å². The topological polar surface area (TPSA) is 102 Å². The molecular formula is C42H52N6O2. The van der Waals surface area contributed by atoms with Gasteiger partial charge in [-0.15, -0.1) is 24.9 Å². The molecule has 8 heteroatoms. The van der Waals surface area contributed by atoms with Crippen LogP contribution in [0.2, 0.25) is 0 Å². The highest BCUT2D eigenvalue weighted by Crippen LogP contribution is 2.43. The second kappa shape index (κ2) is 12.6. The van der Waals surface area contributed by atoms with Crippen LogP contribution in [0.5, 0.6) is 11.5 Å². The van der Waals surface area contributed by atoms with Crippen molar-refractivity contribution >= 4 is 17.1 Å². The Morgan fingerprint density at radius 2 is 1.10 bits per heavy atom. The number of nitrogens with zero attached hydrogens (tertiary/aromatic N) is 6. The molecule has 0 spiro atoms. The molecular weight excluding hydrogens is 621 g/mol. The molecule has 0 fully saturated rings. The first-order valence-electron chi connectivity index (χ1n) is 17.6. The maximum absolute atomic E-state index is 12.1. The number of fused-ring (bicyclic) bond motifs is 2. The van der Waals surface area contributed by atoms with Crippen LogP contribution in [-0.2, 0) is 23.7 Å². The highest BCUT2D eigenvalue weighted by Gasteiger charge is 2.32. The summed E-state index contributed by atoms with van der Waals surface area (Å²) in [6.07, 6.45) is 10.7. The monoisotopic (exact) mass is 672 g/mol. The molecule has 1 aliphatic rings. The van der Waals surface area contributed by atoms with Crippen molar-refractivity contribution in [3.8, 4) is 22.9 Å². The molecule has 0 bridgehead atoms. The largest absolute Gasteiger partial charge is 0.505 e. The minimum Gasteiger partial charge on any atom is -0.505 e. The van der Waals surface area contributed by atoms with Crippen LogP contribution < -0.4 is 0 Å². The van der Waals surface area contributed by atoms with Gasteiger partial charge in [-0.1, -0.05) is 112 Å². The lowest BCUT2D eigenvalue weighted by Gasteiger charge is -2.34. The van der Waals surface area contributed by atoms with E-state index < -0.39 is 0 Å². The summed E-state index contributed by atoms with van der Waals surface area (Å²) in [5.41, 5.74) is 7.36. The average molecular weight is 673 g/mol. The molecule has 3 aromatic carbocycles. The van der Waals surface area contributed by atoms with Crippen molar-refractivity contribution in [1.82, 2.24) is 30.0 Å². The van der Waals surface area contributed by atoms with Crippen LogP contribution in [0.25, 0.3) is 28.5 Å². The maximum Gasteiger partial charge on any atom is 0.146 e. The van der Waals surface area contributed by atoms with Crippen molar-refractivity contribution in [2.24, 2.45) is 10.8 Å². The van der Waals surface area contributed by atoms with Crippen molar-refractivity contribution < 1.29 is 10.2 Å². The molecule has 0 aliphatic heterocycles. The van der Waals surface area contributed by atoms with Gasteiger partial charge in [0.1, 0.15) is 39.6 Å². The third-order valence-electron chi connectivity index (χ3n) is 9.47. The molecule has 0 saturated carbocycles. The molecule has 2 aromatic heterocycles. The molecule has 0 radical (unpaired) electrons. The lowest BCUT2D eigenvalue weighted by atomic mass is 9.71. The lowest BCUT2D eigenvalue weighted by Crippen LogP contribution is -2.25. The number of benzene rings is 3. The van der Waals surface area contributed by atoms with E-state index >= 15 is 0 Å². The van der Waals surface area contributed by atoms with Gasteiger partial charge in [0.15, 0.2) is 0 Å². The number of hydrogen-bond acceptors (Lipinski definition) is 6. The van der Waals surface area contributed by atoms with Gasteiger partial charge in [0.25, 0.3) is 0 Å². The van der Waals surface area contributed by atoms with E-state index in [1.807, 2.05) is 54.6 Å². The zero-order valence-corrected chi connectivity index (χ0v) is 31.3. The molecule has 0 atom stereocenters. The molecule has 50 heavy (non-hydrogen) atoms. The van der Waals surface area contributed by atoms with Crippen molar-refractivity contribution in [2.45, 2.75) is 106 Å². The van der Waals surface area contributed by atoms with Crippen molar-refractivity contribution in [1.29, 1.82) is 0 Å². The summed E-state index contributed by atoms with van der Waals surface area (Å²) in [6, 6.07) is 15.9. The Morgan fingerprint density at radius 3 is 1.58 bits per heavy atom. The molecule has 262 valence electrons. The third kappa shape index (κ3) is 7.40. The number of allylic oxidation sites excluding steroid dienone is 3. The number of phenolic OH excluding ortho intramolecular Hbond substituents is 2. The zero-order valence-electron chi connectivity index (χ0n) is 31.3. The van der Waals surface area contributed by atoms with Crippen LogP contribution in [0, 0.1) is 10.8 Å². The summed E-state index contributed by atoms with van der Waals surface area (Å²) < 4.78 is 0. The third-order valence-corrected chi connectivity index (χ3v) is 9.47.